The van der Waals surface area contributed by atoms with Crippen LogP contribution in [0.5, 0.6) is 23.0 Å². The molecule has 0 bridgehead atoms. The zero-order valence-corrected chi connectivity index (χ0v) is 45.1. The van der Waals surface area contributed by atoms with E-state index in [0.717, 1.165) is 11.1 Å². The zero-order chi connectivity index (χ0) is 53.4. The van der Waals surface area contributed by atoms with Gasteiger partial charge in [-0.05, 0) is 49.9 Å². The second kappa shape index (κ2) is 23.6. The van der Waals surface area contributed by atoms with E-state index in [4.69, 9.17) is 42.1 Å². The molecule has 2 atom stereocenters. The van der Waals surface area contributed by atoms with Crippen molar-refractivity contribution in [3.63, 3.8) is 0 Å². The van der Waals surface area contributed by atoms with Gasteiger partial charge >= 0.3 is 0 Å². The molecule has 396 valence electrons. The Labute approximate surface area is 450 Å². The fourth-order valence-electron chi connectivity index (χ4n) is 9.30. The van der Waals surface area contributed by atoms with Crippen LogP contribution in [0.25, 0.3) is 34.2 Å². The molecule has 0 saturated carbocycles. The third-order valence-electron chi connectivity index (χ3n) is 13.0. The number of para-hydroxylation sites is 2. The Morgan fingerprint density at radius 1 is 0.487 bits per heavy atom. The molecule has 2 fully saturated rings. The van der Waals surface area contributed by atoms with Crippen LogP contribution in [0.4, 0.5) is 11.9 Å². The van der Waals surface area contributed by atoms with Gasteiger partial charge in [-0.2, -0.15) is 0 Å². The maximum Gasteiger partial charge on any atom is 0.225 e. The van der Waals surface area contributed by atoms with E-state index in [1.165, 1.54) is 24.8 Å². The SMILES string of the molecule is COc1cccc(OC)c1-n1c(CS(=O)(=O)[C@@H]2CCCN(c3ncc(Cl)cn3)C2)nnc1-c1ccccc1.COc1cccc(OC)c1-n1c(CS(=O)(=O)[C@H]2CCCN(c3ncc(Cl)cn3)C2)nnc1-c1ccccc1. The lowest BCUT2D eigenvalue weighted by Crippen LogP contribution is -2.43. The Morgan fingerprint density at radius 3 is 1.16 bits per heavy atom. The topological polar surface area (TPSA) is 225 Å². The van der Waals surface area contributed by atoms with Gasteiger partial charge in [0.05, 0.1) is 73.8 Å². The molecule has 76 heavy (non-hydrogen) atoms. The van der Waals surface area contributed by atoms with Crippen molar-refractivity contribution in [2.45, 2.75) is 47.7 Å². The molecule has 4 aromatic heterocycles. The van der Waals surface area contributed by atoms with Crippen LogP contribution in [0.2, 0.25) is 10.0 Å². The monoisotopic (exact) mass is 1110 g/mol. The van der Waals surface area contributed by atoms with Crippen LogP contribution >= 0.6 is 23.2 Å². The Kier molecular flexibility index (Phi) is 16.6. The summed E-state index contributed by atoms with van der Waals surface area (Å²) in [5, 5.41) is 17.1. The van der Waals surface area contributed by atoms with Gasteiger partial charge in [-0.1, -0.05) is 96.0 Å². The highest BCUT2D eigenvalue weighted by Gasteiger charge is 2.36. The number of sulfone groups is 2. The van der Waals surface area contributed by atoms with Crippen LogP contribution in [0.1, 0.15) is 37.3 Å². The molecule has 0 aliphatic carbocycles. The third kappa shape index (κ3) is 11.7. The van der Waals surface area contributed by atoms with E-state index in [1.54, 1.807) is 74.0 Å². The van der Waals surface area contributed by atoms with E-state index in [2.05, 4.69) is 40.3 Å². The fourth-order valence-corrected chi connectivity index (χ4v) is 12.9. The lowest BCUT2D eigenvalue weighted by Gasteiger charge is -2.32. The van der Waals surface area contributed by atoms with E-state index < -0.39 is 30.2 Å². The van der Waals surface area contributed by atoms with E-state index in [1.807, 2.05) is 70.5 Å². The number of piperidine rings is 2. The predicted octanol–water partition coefficient (Wildman–Crippen LogP) is 7.96. The van der Waals surface area contributed by atoms with Gasteiger partial charge in [0.1, 0.15) is 45.9 Å². The molecule has 8 aromatic rings. The second-order valence-corrected chi connectivity index (χ2v) is 23.2. The number of nitrogens with zero attached hydrogens (tertiary/aromatic N) is 12. The van der Waals surface area contributed by atoms with Crippen LogP contribution in [0, 0.1) is 0 Å². The summed E-state index contributed by atoms with van der Waals surface area (Å²) in [6.45, 7) is 1.89. The number of rotatable bonds is 16. The molecule has 2 aliphatic heterocycles. The number of methoxy groups -OCH3 is 4. The molecular weight excluding hydrogens is 1060 g/mol. The first kappa shape index (κ1) is 53.4. The second-order valence-electron chi connectivity index (χ2n) is 17.7. The number of hydrogen-bond donors (Lipinski definition) is 0. The van der Waals surface area contributed by atoms with Crippen molar-refractivity contribution in [3.05, 3.63) is 144 Å². The van der Waals surface area contributed by atoms with E-state index in [0.29, 0.717) is 107 Å². The lowest BCUT2D eigenvalue weighted by molar-refractivity contribution is 0.390. The summed E-state index contributed by atoms with van der Waals surface area (Å²) < 4.78 is 81.2. The van der Waals surface area contributed by atoms with Crippen molar-refractivity contribution in [3.8, 4) is 57.1 Å². The summed E-state index contributed by atoms with van der Waals surface area (Å²) in [6.07, 6.45) is 8.49. The molecule has 20 nitrogen and oxygen atoms in total. The van der Waals surface area contributed by atoms with Crippen molar-refractivity contribution in [1.29, 1.82) is 0 Å². The molecule has 24 heteroatoms. The van der Waals surface area contributed by atoms with Gasteiger partial charge in [0, 0.05) is 37.3 Å². The molecule has 0 unspecified atom stereocenters. The van der Waals surface area contributed by atoms with Gasteiger partial charge in [-0.15, -0.1) is 20.4 Å². The summed E-state index contributed by atoms with van der Waals surface area (Å²) in [5.74, 6) is 3.82. The van der Waals surface area contributed by atoms with Gasteiger partial charge in [0.25, 0.3) is 0 Å². The average molecular weight is 1110 g/mol. The van der Waals surface area contributed by atoms with Crippen molar-refractivity contribution in [2.75, 3.05) is 64.4 Å². The van der Waals surface area contributed by atoms with Gasteiger partial charge < -0.3 is 28.7 Å². The normalized spacial score (nSPS) is 15.9. The van der Waals surface area contributed by atoms with Crippen LogP contribution < -0.4 is 28.7 Å². The molecule has 0 N–H and O–H groups in total. The van der Waals surface area contributed by atoms with Gasteiger partial charge in [0.2, 0.25) is 11.9 Å². The first-order valence-electron chi connectivity index (χ1n) is 24.1. The maximum absolute atomic E-state index is 13.8. The lowest BCUT2D eigenvalue weighted by atomic mass is 10.1. The highest BCUT2D eigenvalue weighted by molar-refractivity contribution is 7.91. The first-order valence-corrected chi connectivity index (χ1v) is 28.3. The summed E-state index contributed by atoms with van der Waals surface area (Å²) >= 11 is 11.8. The maximum atomic E-state index is 13.8. The predicted molar refractivity (Wildman–Crippen MR) is 290 cm³/mol. The van der Waals surface area contributed by atoms with Gasteiger partial charge in [0.15, 0.2) is 43.0 Å². The molecule has 0 spiro atoms. The van der Waals surface area contributed by atoms with Crippen molar-refractivity contribution in [1.82, 2.24) is 49.5 Å². The van der Waals surface area contributed by atoms with Gasteiger partial charge in [-0.25, -0.2) is 36.8 Å². The molecule has 2 aliphatic rings. The third-order valence-corrected chi connectivity index (χ3v) is 17.5. The van der Waals surface area contributed by atoms with E-state index >= 15 is 0 Å². The van der Waals surface area contributed by atoms with Gasteiger partial charge in [-0.3, -0.25) is 9.13 Å². The van der Waals surface area contributed by atoms with E-state index in [-0.39, 0.29) is 36.2 Å². The average Bonchev–Trinajstić information content (AvgIpc) is 4.06. The minimum atomic E-state index is -3.65. The Bertz CT molecular complexity index is 3210. The molecule has 0 radical (unpaired) electrons. The number of halogens is 2. The Morgan fingerprint density at radius 2 is 0.829 bits per heavy atom. The minimum Gasteiger partial charge on any atom is -0.494 e. The highest BCUT2D eigenvalue weighted by atomic mass is 35.5. The molecule has 0 amide bonds. The number of hydrogen-bond acceptors (Lipinski definition) is 18. The molecule has 10 rings (SSSR count). The number of benzene rings is 4. The van der Waals surface area contributed by atoms with Crippen LogP contribution in [-0.4, -0.2) is 131 Å². The summed E-state index contributed by atoms with van der Waals surface area (Å²) in [5.41, 5.74) is 2.62. The van der Waals surface area contributed by atoms with Crippen LogP contribution in [0.15, 0.2) is 122 Å². The molecule has 2 saturated heterocycles. The largest absolute Gasteiger partial charge is 0.494 e. The molecule has 4 aromatic carbocycles. The summed E-state index contributed by atoms with van der Waals surface area (Å²) in [6, 6.07) is 29.7. The highest BCUT2D eigenvalue weighted by Crippen LogP contribution is 2.39. The standard InChI is InChI=1S/2C26H27ClN6O4S/c2*1-36-21-11-6-12-22(37-2)24(21)33-23(30-31-25(33)18-8-4-3-5-9-18)17-38(34,35)20-10-7-13-32(16-20)26-28-14-19(27)15-29-26/h2*3-6,8-9,11-12,14-15,20H,7,10,13,16-17H2,1-2H3/t2*20-/m10/s1. The molecule has 6 heterocycles. The quantitative estimate of drug-likeness (QED) is 0.0894. The number of aromatic nitrogens is 10. The van der Waals surface area contributed by atoms with Crippen molar-refractivity contribution < 1.29 is 35.8 Å². The summed E-state index contributed by atoms with van der Waals surface area (Å²) in [7, 11) is -1.10. The first-order chi connectivity index (χ1) is 36.8. The number of ether oxygens (including phenoxy) is 4. The summed E-state index contributed by atoms with van der Waals surface area (Å²) in [4.78, 5) is 20.8. The zero-order valence-electron chi connectivity index (χ0n) is 42.0. The Hall–Kier alpha value is -7.40. The smallest absolute Gasteiger partial charge is 0.225 e. The van der Waals surface area contributed by atoms with E-state index in [9.17, 15) is 16.8 Å². The minimum absolute atomic E-state index is 0.270. The van der Waals surface area contributed by atoms with Crippen molar-refractivity contribution >= 4 is 54.8 Å². The van der Waals surface area contributed by atoms with Crippen LogP contribution in [0.3, 0.4) is 0 Å². The van der Waals surface area contributed by atoms with Crippen molar-refractivity contribution in [2.24, 2.45) is 0 Å². The molecular formula is C52H54Cl2N12O8S2. The fraction of sp³-hybridized carbons (Fsp3) is 0.308. The Balaban J connectivity index is 0.000000186. The number of anilines is 2. The van der Waals surface area contributed by atoms with Crippen LogP contribution in [-0.2, 0) is 31.2 Å².